The molecule has 0 radical (unpaired) electrons. The Balaban J connectivity index is 2.20. The number of halogens is 1. The molecular formula is C11H13BrN2O2. The van der Waals surface area contributed by atoms with Crippen LogP contribution in [0.2, 0.25) is 0 Å². The molecule has 5 heteroatoms. The zero-order valence-corrected chi connectivity index (χ0v) is 10.5. The molecule has 1 aromatic carbocycles. The summed E-state index contributed by atoms with van der Waals surface area (Å²) in [6.45, 7) is 2.45. The van der Waals surface area contributed by atoms with Crippen molar-refractivity contribution in [3.05, 3.63) is 28.2 Å². The van der Waals surface area contributed by atoms with Gasteiger partial charge in [0.15, 0.2) is 0 Å². The molecule has 1 saturated heterocycles. The zero-order chi connectivity index (χ0) is 11.9. The number of nitrogens with zero attached hydrogens (tertiary/aromatic N) is 1. The Morgan fingerprint density at radius 1 is 1.56 bits per heavy atom. The molecule has 3 N–H and O–H groups in total. The zero-order valence-electron chi connectivity index (χ0n) is 8.90. The van der Waals surface area contributed by atoms with E-state index >= 15 is 0 Å². The first-order chi connectivity index (χ1) is 7.41. The topological polar surface area (TPSA) is 66.6 Å². The number of amides is 1. The van der Waals surface area contributed by atoms with Crippen molar-refractivity contribution in [1.29, 1.82) is 0 Å². The summed E-state index contributed by atoms with van der Waals surface area (Å²) < 4.78 is 0.617. The number of nitrogens with two attached hydrogens (primary N) is 1. The number of β-amino-alcohol motifs (C(OH)–C–C–N with tert-alkyl or cyclic N) is 1. The standard InChI is InChI=1S/C11H13BrN2O2/c1-11(16)5-14(6-11)10(15)7-3-2-4-8(13)9(7)12/h2-4,16H,5-6,13H2,1H3. The number of anilines is 1. The molecule has 2 rings (SSSR count). The summed E-state index contributed by atoms with van der Waals surface area (Å²) >= 11 is 3.30. The lowest BCUT2D eigenvalue weighted by atomic mass is 9.96. The molecule has 16 heavy (non-hydrogen) atoms. The van der Waals surface area contributed by atoms with Gasteiger partial charge in [0, 0.05) is 5.69 Å². The van der Waals surface area contributed by atoms with Gasteiger partial charge in [-0.25, -0.2) is 0 Å². The SMILES string of the molecule is CC1(O)CN(C(=O)c2cccc(N)c2Br)C1. The minimum atomic E-state index is -0.748. The predicted octanol–water partition coefficient (Wildman–Crippen LogP) is 1.24. The number of likely N-dealkylation sites (tertiary alicyclic amines) is 1. The van der Waals surface area contributed by atoms with Gasteiger partial charge in [0.25, 0.3) is 5.91 Å². The maximum absolute atomic E-state index is 12.0. The van der Waals surface area contributed by atoms with Crippen molar-refractivity contribution in [1.82, 2.24) is 4.90 Å². The van der Waals surface area contributed by atoms with Gasteiger partial charge in [0.05, 0.1) is 28.7 Å². The maximum Gasteiger partial charge on any atom is 0.255 e. The first kappa shape index (κ1) is 11.4. The van der Waals surface area contributed by atoms with Gasteiger partial charge in [-0.15, -0.1) is 0 Å². The number of nitrogen functional groups attached to an aromatic ring is 1. The molecule has 0 aromatic heterocycles. The van der Waals surface area contributed by atoms with Crippen LogP contribution in [0.4, 0.5) is 5.69 Å². The Bertz CT molecular complexity index is 438. The van der Waals surface area contributed by atoms with E-state index < -0.39 is 5.60 Å². The van der Waals surface area contributed by atoms with Crippen molar-refractivity contribution in [2.24, 2.45) is 0 Å². The number of carbonyl (C=O) groups is 1. The van der Waals surface area contributed by atoms with Crippen molar-refractivity contribution in [3.63, 3.8) is 0 Å². The highest BCUT2D eigenvalue weighted by atomic mass is 79.9. The van der Waals surface area contributed by atoms with E-state index in [0.717, 1.165) is 0 Å². The fraction of sp³-hybridized carbons (Fsp3) is 0.364. The van der Waals surface area contributed by atoms with Crippen LogP contribution in [0, 0.1) is 0 Å². The molecule has 1 aliphatic rings. The highest BCUT2D eigenvalue weighted by Gasteiger charge is 2.40. The van der Waals surface area contributed by atoms with Gasteiger partial charge < -0.3 is 15.7 Å². The highest BCUT2D eigenvalue weighted by Crippen LogP contribution is 2.28. The summed E-state index contributed by atoms with van der Waals surface area (Å²) in [5, 5.41) is 9.57. The van der Waals surface area contributed by atoms with Crippen LogP contribution in [-0.4, -0.2) is 34.6 Å². The van der Waals surface area contributed by atoms with Gasteiger partial charge in [-0.1, -0.05) is 6.07 Å². The van der Waals surface area contributed by atoms with Crippen molar-refractivity contribution < 1.29 is 9.90 Å². The Morgan fingerprint density at radius 2 is 2.19 bits per heavy atom. The molecule has 4 nitrogen and oxygen atoms in total. The first-order valence-electron chi connectivity index (χ1n) is 4.96. The van der Waals surface area contributed by atoms with E-state index in [9.17, 15) is 9.90 Å². The number of aliphatic hydroxyl groups is 1. The van der Waals surface area contributed by atoms with Gasteiger partial charge in [-0.2, -0.15) is 0 Å². The quantitative estimate of drug-likeness (QED) is 0.763. The molecule has 0 saturated carbocycles. The van der Waals surface area contributed by atoms with Crippen LogP contribution in [0.3, 0.4) is 0 Å². The normalized spacial score (nSPS) is 18.1. The average Bonchev–Trinajstić information content (AvgIpc) is 2.17. The molecule has 1 heterocycles. The Hall–Kier alpha value is -1.07. The molecule has 1 fully saturated rings. The highest BCUT2D eigenvalue weighted by molar-refractivity contribution is 9.10. The van der Waals surface area contributed by atoms with Crippen LogP contribution in [0.1, 0.15) is 17.3 Å². The number of rotatable bonds is 1. The largest absolute Gasteiger partial charge is 0.398 e. The summed E-state index contributed by atoms with van der Waals surface area (Å²) in [6, 6.07) is 5.19. The van der Waals surface area contributed by atoms with Gasteiger partial charge in [-0.3, -0.25) is 4.79 Å². The molecule has 0 spiro atoms. The Morgan fingerprint density at radius 3 is 2.75 bits per heavy atom. The van der Waals surface area contributed by atoms with E-state index in [1.807, 2.05) is 0 Å². The third-order valence-electron chi connectivity index (χ3n) is 2.61. The van der Waals surface area contributed by atoms with Gasteiger partial charge in [0.2, 0.25) is 0 Å². The molecule has 1 aliphatic heterocycles. The van der Waals surface area contributed by atoms with E-state index in [1.165, 1.54) is 0 Å². The second-order valence-corrected chi connectivity index (χ2v) is 5.16. The van der Waals surface area contributed by atoms with Crippen LogP contribution in [0.15, 0.2) is 22.7 Å². The fourth-order valence-electron chi connectivity index (χ4n) is 1.80. The summed E-state index contributed by atoms with van der Waals surface area (Å²) in [4.78, 5) is 13.6. The second-order valence-electron chi connectivity index (χ2n) is 4.37. The van der Waals surface area contributed by atoms with E-state index in [-0.39, 0.29) is 5.91 Å². The average molecular weight is 285 g/mol. The van der Waals surface area contributed by atoms with E-state index in [4.69, 9.17) is 5.73 Å². The van der Waals surface area contributed by atoms with E-state index in [0.29, 0.717) is 28.8 Å². The predicted molar refractivity (Wildman–Crippen MR) is 65.1 cm³/mol. The minimum Gasteiger partial charge on any atom is -0.398 e. The number of benzene rings is 1. The fourth-order valence-corrected chi connectivity index (χ4v) is 2.24. The molecule has 0 unspecified atom stereocenters. The summed E-state index contributed by atoms with van der Waals surface area (Å²) in [5.74, 6) is -0.106. The van der Waals surface area contributed by atoms with Crippen molar-refractivity contribution in [2.45, 2.75) is 12.5 Å². The van der Waals surface area contributed by atoms with Crippen molar-refractivity contribution in [2.75, 3.05) is 18.8 Å². The summed E-state index contributed by atoms with van der Waals surface area (Å²) in [5.41, 5.74) is 6.03. The molecule has 86 valence electrons. The molecule has 0 aliphatic carbocycles. The van der Waals surface area contributed by atoms with E-state index in [2.05, 4.69) is 15.9 Å². The summed E-state index contributed by atoms with van der Waals surface area (Å²) in [7, 11) is 0. The number of hydrogen-bond acceptors (Lipinski definition) is 3. The van der Waals surface area contributed by atoms with Crippen LogP contribution < -0.4 is 5.73 Å². The van der Waals surface area contributed by atoms with Crippen molar-refractivity contribution >= 4 is 27.5 Å². The molecule has 1 aromatic rings. The minimum absolute atomic E-state index is 0.106. The lowest BCUT2D eigenvalue weighted by Crippen LogP contribution is -2.61. The lowest BCUT2D eigenvalue weighted by molar-refractivity contribution is -0.0669. The summed E-state index contributed by atoms with van der Waals surface area (Å²) in [6.07, 6.45) is 0. The maximum atomic E-state index is 12.0. The van der Waals surface area contributed by atoms with Crippen LogP contribution in [-0.2, 0) is 0 Å². The molecule has 0 atom stereocenters. The third kappa shape index (κ3) is 1.92. The molecule has 1 amide bonds. The number of hydrogen-bond donors (Lipinski definition) is 2. The van der Waals surface area contributed by atoms with Crippen molar-refractivity contribution in [3.8, 4) is 0 Å². The second kappa shape index (κ2) is 3.75. The van der Waals surface area contributed by atoms with E-state index in [1.54, 1.807) is 30.0 Å². The van der Waals surface area contributed by atoms with Gasteiger partial charge in [-0.05, 0) is 35.0 Å². The molecular weight excluding hydrogens is 272 g/mol. The van der Waals surface area contributed by atoms with Gasteiger partial charge in [0.1, 0.15) is 0 Å². The Labute approximate surface area is 102 Å². The van der Waals surface area contributed by atoms with Crippen LogP contribution >= 0.6 is 15.9 Å². The first-order valence-corrected chi connectivity index (χ1v) is 5.76. The lowest BCUT2D eigenvalue weighted by Gasteiger charge is -2.44. The Kier molecular flexibility index (Phi) is 2.67. The monoisotopic (exact) mass is 284 g/mol. The van der Waals surface area contributed by atoms with Crippen LogP contribution in [0.25, 0.3) is 0 Å². The number of carbonyl (C=O) groups excluding carboxylic acids is 1. The smallest absolute Gasteiger partial charge is 0.255 e. The molecule has 0 bridgehead atoms. The van der Waals surface area contributed by atoms with Crippen LogP contribution in [0.5, 0.6) is 0 Å². The van der Waals surface area contributed by atoms with Gasteiger partial charge >= 0.3 is 0 Å². The third-order valence-corrected chi connectivity index (χ3v) is 3.49.